The third-order valence-electron chi connectivity index (χ3n) is 4.40. The summed E-state index contributed by atoms with van der Waals surface area (Å²) in [5.74, 6) is -1.29. The zero-order valence-corrected chi connectivity index (χ0v) is 15.7. The molecular weight excluding hydrogens is 376 g/mol. The third kappa shape index (κ3) is 3.18. The third-order valence-corrected chi connectivity index (χ3v) is 5.28. The van der Waals surface area contributed by atoms with E-state index in [9.17, 15) is 14.4 Å². The first-order valence-electron chi connectivity index (χ1n) is 8.52. The molecule has 2 heterocycles. The number of rotatable bonds is 3. The van der Waals surface area contributed by atoms with Crippen molar-refractivity contribution in [2.24, 2.45) is 10.7 Å². The van der Waals surface area contributed by atoms with Gasteiger partial charge in [0.2, 0.25) is 5.91 Å². The number of anilines is 2. The number of nitrogens with one attached hydrogen (secondary N) is 1. The van der Waals surface area contributed by atoms with Crippen molar-refractivity contribution in [3.63, 3.8) is 0 Å². The van der Waals surface area contributed by atoms with E-state index in [0.717, 1.165) is 17.3 Å². The summed E-state index contributed by atoms with van der Waals surface area (Å²) in [7, 11) is 0. The summed E-state index contributed by atoms with van der Waals surface area (Å²) in [5.41, 5.74) is 8.77. The van der Waals surface area contributed by atoms with Crippen LogP contribution in [0.1, 0.15) is 11.1 Å². The van der Waals surface area contributed by atoms with Crippen molar-refractivity contribution < 1.29 is 14.4 Å². The molecule has 0 unspecified atom stereocenters. The maximum Gasteiger partial charge on any atom is 0.287 e. The molecule has 0 aliphatic carbocycles. The molecule has 2 aliphatic rings. The lowest BCUT2D eigenvalue weighted by molar-refractivity contribution is -0.118. The van der Waals surface area contributed by atoms with Gasteiger partial charge in [0, 0.05) is 11.3 Å². The van der Waals surface area contributed by atoms with Gasteiger partial charge >= 0.3 is 0 Å². The molecule has 0 spiro atoms. The standard InChI is InChI=1S/C20H16N4O3S/c1-11-6-8-12(9-7-11)22-15(25)10-24-14-5-3-2-4-13(14)16(19(24)27)17-18(26)23-20(21)28-17/h2-9H,10H2,1H3,(H,22,25)(H2,21,23,26)/b17-16+. The summed E-state index contributed by atoms with van der Waals surface area (Å²) in [4.78, 5) is 42.9. The lowest BCUT2D eigenvalue weighted by Gasteiger charge is -2.16. The van der Waals surface area contributed by atoms with Crippen LogP contribution in [0.5, 0.6) is 0 Å². The highest BCUT2D eigenvalue weighted by molar-refractivity contribution is 8.18. The lowest BCUT2D eigenvalue weighted by atomic mass is 10.1. The van der Waals surface area contributed by atoms with Crippen molar-refractivity contribution in [3.05, 3.63) is 64.6 Å². The predicted octanol–water partition coefficient (Wildman–Crippen LogP) is 2.28. The summed E-state index contributed by atoms with van der Waals surface area (Å²) in [6.45, 7) is 1.79. The van der Waals surface area contributed by atoms with Crippen LogP contribution < -0.4 is 16.0 Å². The zero-order chi connectivity index (χ0) is 19.8. The molecule has 3 N–H and O–H groups in total. The van der Waals surface area contributed by atoms with Crippen LogP contribution >= 0.6 is 11.8 Å². The fourth-order valence-electron chi connectivity index (χ4n) is 3.12. The lowest BCUT2D eigenvalue weighted by Crippen LogP contribution is -2.35. The first kappa shape index (κ1) is 18.0. The second-order valence-corrected chi connectivity index (χ2v) is 7.41. The van der Waals surface area contributed by atoms with E-state index >= 15 is 0 Å². The maximum absolute atomic E-state index is 13.1. The average molecular weight is 392 g/mol. The molecule has 28 heavy (non-hydrogen) atoms. The molecule has 0 radical (unpaired) electrons. The van der Waals surface area contributed by atoms with Crippen LogP contribution in [0.3, 0.4) is 0 Å². The number of para-hydroxylation sites is 1. The number of thioether (sulfide) groups is 1. The highest BCUT2D eigenvalue weighted by atomic mass is 32.2. The molecule has 140 valence electrons. The smallest absolute Gasteiger partial charge is 0.287 e. The molecule has 8 heteroatoms. The van der Waals surface area contributed by atoms with Crippen LogP contribution in [0.4, 0.5) is 11.4 Å². The Morgan fingerprint density at radius 2 is 1.86 bits per heavy atom. The minimum Gasteiger partial charge on any atom is -0.378 e. The van der Waals surface area contributed by atoms with E-state index in [-0.39, 0.29) is 28.1 Å². The molecule has 0 fully saturated rings. The number of aliphatic imine (C=N–C) groups is 1. The molecule has 0 atom stereocenters. The zero-order valence-electron chi connectivity index (χ0n) is 14.9. The highest BCUT2D eigenvalue weighted by Crippen LogP contribution is 2.42. The first-order chi connectivity index (χ1) is 13.4. The number of fused-ring (bicyclic) bond motifs is 1. The van der Waals surface area contributed by atoms with Crippen LogP contribution in [-0.4, -0.2) is 29.4 Å². The van der Waals surface area contributed by atoms with Gasteiger partial charge in [-0.2, -0.15) is 4.99 Å². The molecule has 0 saturated heterocycles. The van der Waals surface area contributed by atoms with Crippen molar-refractivity contribution in [3.8, 4) is 0 Å². The Balaban J connectivity index is 1.63. The Bertz CT molecular complexity index is 1070. The van der Waals surface area contributed by atoms with Crippen LogP contribution in [0.25, 0.3) is 5.57 Å². The van der Waals surface area contributed by atoms with Crippen molar-refractivity contribution >= 4 is 51.6 Å². The fraction of sp³-hybridized carbons (Fsp3) is 0.100. The number of hydrogen-bond donors (Lipinski definition) is 2. The molecule has 2 aromatic rings. The van der Waals surface area contributed by atoms with Gasteiger partial charge in [-0.05, 0) is 36.9 Å². The maximum atomic E-state index is 13.1. The van der Waals surface area contributed by atoms with Gasteiger partial charge in [-0.25, -0.2) is 0 Å². The second-order valence-electron chi connectivity index (χ2n) is 6.38. The number of aryl methyl sites for hydroxylation is 1. The number of nitrogens with zero attached hydrogens (tertiary/aromatic N) is 2. The molecular formula is C20H16N4O3S. The summed E-state index contributed by atoms with van der Waals surface area (Å²) in [6.07, 6.45) is 0. The molecule has 2 aliphatic heterocycles. The minimum absolute atomic E-state index is 0.105. The van der Waals surface area contributed by atoms with Gasteiger partial charge < -0.3 is 11.1 Å². The molecule has 0 saturated carbocycles. The van der Waals surface area contributed by atoms with E-state index < -0.39 is 11.8 Å². The predicted molar refractivity (Wildman–Crippen MR) is 110 cm³/mol. The Labute approximate surface area is 165 Å². The summed E-state index contributed by atoms with van der Waals surface area (Å²) < 4.78 is 0. The van der Waals surface area contributed by atoms with E-state index in [1.54, 1.807) is 36.4 Å². The number of hydrogen-bond acceptors (Lipinski definition) is 5. The van der Waals surface area contributed by atoms with E-state index in [0.29, 0.717) is 16.9 Å². The molecule has 2 aromatic carbocycles. The van der Waals surface area contributed by atoms with Gasteiger partial charge in [-0.3, -0.25) is 19.3 Å². The topological polar surface area (TPSA) is 105 Å². The van der Waals surface area contributed by atoms with Gasteiger partial charge in [0.25, 0.3) is 11.8 Å². The molecule has 0 aromatic heterocycles. The van der Waals surface area contributed by atoms with E-state index in [1.807, 2.05) is 19.1 Å². The van der Waals surface area contributed by atoms with Crippen molar-refractivity contribution in [1.82, 2.24) is 0 Å². The van der Waals surface area contributed by atoms with Gasteiger partial charge in [0.15, 0.2) is 5.17 Å². The first-order valence-corrected chi connectivity index (χ1v) is 9.34. The molecule has 3 amide bonds. The Kier molecular flexibility index (Phi) is 4.48. The number of carbonyl (C=O) groups excluding carboxylic acids is 3. The Hall–Kier alpha value is -3.39. The Morgan fingerprint density at radius 3 is 2.54 bits per heavy atom. The van der Waals surface area contributed by atoms with Crippen LogP contribution in [0.2, 0.25) is 0 Å². The largest absolute Gasteiger partial charge is 0.378 e. The van der Waals surface area contributed by atoms with Crippen molar-refractivity contribution in [1.29, 1.82) is 0 Å². The molecule has 4 rings (SSSR count). The Morgan fingerprint density at radius 1 is 1.14 bits per heavy atom. The summed E-state index contributed by atoms with van der Waals surface area (Å²) >= 11 is 0.973. The van der Waals surface area contributed by atoms with Gasteiger partial charge in [-0.15, -0.1) is 0 Å². The van der Waals surface area contributed by atoms with E-state index in [1.165, 1.54) is 4.90 Å². The van der Waals surface area contributed by atoms with Crippen molar-refractivity contribution in [2.45, 2.75) is 6.92 Å². The SMILES string of the molecule is Cc1ccc(NC(=O)CN2C(=O)/C(=C3/SC(N)=NC3=O)c3ccccc32)cc1. The normalized spacial score (nSPS) is 18.3. The highest BCUT2D eigenvalue weighted by Gasteiger charge is 2.39. The van der Waals surface area contributed by atoms with Crippen molar-refractivity contribution in [2.75, 3.05) is 16.8 Å². The van der Waals surface area contributed by atoms with Crippen LogP contribution in [0.15, 0.2) is 58.4 Å². The fourth-order valence-corrected chi connectivity index (χ4v) is 3.89. The second kappa shape index (κ2) is 6.97. The van der Waals surface area contributed by atoms with Crippen LogP contribution in [0, 0.1) is 6.92 Å². The van der Waals surface area contributed by atoms with Gasteiger partial charge in [0.05, 0.1) is 16.2 Å². The molecule has 7 nitrogen and oxygen atoms in total. The van der Waals surface area contributed by atoms with E-state index in [2.05, 4.69) is 10.3 Å². The molecule has 0 bridgehead atoms. The number of amidine groups is 1. The van der Waals surface area contributed by atoms with Gasteiger partial charge in [-0.1, -0.05) is 35.9 Å². The van der Waals surface area contributed by atoms with Crippen LogP contribution in [-0.2, 0) is 14.4 Å². The summed E-state index contributed by atoms with van der Waals surface area (Å²) in [6, 6.07) is 14.4. The van der Waals surface area contributed by atoms with Gasteiger partial charge in [0.1, 0.15) is 6.54 Å². The van der Waals surface area contributed by atoms with E-state index in [4.69, 9.17) is 5.73 Å². The average Bonchev–Trinajstić information content (AvgIpc) is 3.13. The monoisotopic (exact) mass is 392 g/mol. The summed E-state index contributed by atoms with van der Waals surface area (Å²) in [5, 5.41) is 2.89. The quantitative estimate of drug-likeness (QED) is 0.780. The number of amides is 3. The minimum atomic E-state index is -0.536. The number of nitrogens with two attached hydrogens (primary N) is 1. The number of carbonyl (C=O) groups is 3. The number of benzene rings is 2.